The molecule has 0 heterocycles. The molecule has 0 radical (unpaired) electrons. The second-order valence-electron chi connectivity index (χ2n) is 4.82. The fourth-order valence-corrected chi connectivity index (χ4v) is 2.14. The molecule has 0 spiro atoms. The first-order valence-electron chi connectivity index (χ1n) is 6.74. The Balaban J connectivity index is 2.14. The van der Waals surface area contributed by atoms with Crippen LogP contribution in [0.1, 0.15) is 11.1 Å². The normalized spacial score (nSPS) is 12.2. The van der Waals surface area contributed by atoms with E-state index in [0.29, 0.717) is 6.42 Å². The van der Waals surface area contributed by atoms with Crippen molar-refractivity contribution in [2.45, 2.75) is 19.0 Å². The molecule has 4 N–H and O–H groups in total. The number of hydrogen-bond acceptors (Lipinski definition) is 3. The van der Waals surface area contributed by atoms with E-state index in [0.717, 1.165) is 5.56 Å². The Morgan fingerprint density at radius 2 is 1.76 bits per heavy atom. The number of aliphatic hydroxyl groups is 1. The van der Waals surface area contributed by atoms with Crippen molar-refractivity contribution >= 4 is 5.69 Å². The molecule has 112 valence electrons. The van der Waals surface area contributed by atoms with Crippen LogP contribution in [0.15, 0.2) is 42.5 Å². The van der Waals surface area contributed by atoms with Crippen LogP contribution >= 0.6 is 0 Å². The van der Waals surface area contributed by atoms with E-state index in [1.165, 1.54) is 12.1 Å². The largest absolute Gasteiger partial charge is 0.394 e. The zero-order valence-electron chi connectivity index (χ0n) is 11.5. The van der Waals surface area contributed by atoms with Crippen LogP contribution in [0.25, 0.3) is 0 Å². The molecular formula is C16H18F2N2O. The average Bonchev–Trinajstić information content (AvgIpc) is 2.52. The Hall–Kier alpha value is -1.98. The Morgan fingerprint density at radius 3 is 2.38 bits per heavy atom. The topological polar surface area (TPSA) is 58.3 Å². The summed E-state index contributed by atoms with van der Waals surface area (Å²) in [6.45, 7) is -0.245. The van der Waals surface area contributed by atoms with E-state index in [1.54, 1.807) is 0 Å². The lowest BCUT2D eigenvalue weighted by atomic mass is 10.1. The van der Waals surface area contributed by atoms with E-state index in [-0.39, 0.29) is 24.4 Å². The van der Waals surface area contributed by atoms with Gasteiger partial charge in [0.05, 0.1) is 18.3 Å². The molecule has 2 aromatic carbocycles. The van der Waals surface area contributed by atoms with Gasteiger partial charge in [-0.15, -0.1) is 0 Å². The number of rotatable bonds is 6. The van der Waals surface area contributed by atoms with Gasteiger partial charge in [-0.2, -0.15) is 0 Å². The smallest absolute Gasteiger partial charge is 0.182 e. The molecule has 5 heteroatoms. The summed E-state index contributed by atoms with van der Waals surface area (Å²) in [5.74, 6) is -1.91. The van der Waals surface area contributed by atoms with Gasteiger partial charge in [0, 0.05) is 12.1 Å². The van der Waals surface area contributed by atoms with Gasteiger partial charge >= 0.3 is 0 Å². The number of hydrogen-bond donors (Lipinski definition) is 3. The average molecular weight is 292 g/mol. The number of nitrogens with one attached hydrogen (secondary N) is 1. The molecular weight excluding hydrogens is 274 g/mol. The Kier molecular flexibility index (Phi) is 5.25. The second kappa shape index (κ2) is 7.15. The molecule has 0 bridgehead atoms. The molecule has 3 nitrogen and oxygen atoms in total. The van der Waals surface area contributed by atoms with Gasteiger partial charge < -0.3 is 16.2 Å². The number of nitrogens with two attached hydrogens (primary N) is 1. The zero-order valence-corrected chi connectivity index (χ0v) is 11.5. The van der Waals surface area contributed by atoms with E-state index in [2.05, 4.69) is 5.32 Å². The molecule has 0 aliphatic carbocycles. The maximum Gasteiger partial charge on any atom is 0.182 e. The van der Waals surface area contributed by atoms with Crippen molar-refractivity contribution in [3.8, 4) is 0 Å². The van der Waals surface area contributed by atoms with E-state index >= 15 is 0 Å². The van der Waals surface area contributed by atoms with E-state index < -0.39 is 17.7 Å². The number of aliphatic hydroxyl groups excluding tert-OH is 1. The fourth-order valence-electron chi connectivity index (χ4n) is 2.14. The third-order valence-corrected chi connectivity index (χ3v) is 3.29. The maximum absolute atomic E-state index is 13.9. The van der Waals surface area contributed by atoms with Gasteiger partial charge in [-0.1, -0.05) is 36.4 Å². The van der Waals surface area contributed by atoms with Gasteiger partial charge in [0.1, 0.15) is 0 Å². The lowest BCUT2D eigenvalue weighted by Crippen LogP contribution is -2.27. The van der Waals surface area contributed by atoms with Crippen LogP contribution < -0.4 is 11.1 Å². The van der Waals surface area contributed by atoms with Crippen LogP contribution in [-0.4, -0.2) is 17.8 Å². The minimum atomic E-state index is -0.968. The van der Waals surface area contributed by atoms with Gasteiger partial charge in [0.15, 0.2) is 11.6 Å². The van der Waals surface area contributed by atoms with Gasteiger partial charge in [-0.25, -0.2) is 8.78 Å². The Labute approximate surface area is 122 Å². The van der Waals surface area contributed by atoms with Gasteiger partial charge in [-0.05, 0) is 18.1 Å². The molecule has 0 aliphatic heterocycles. The van der Waals surface area contributed by atoms with Crippen LogP contribution in [0, 0.1) is 11.6 Å². The Bertz CT molecular complexity index is 590. The molecule has 0 amide bonds. The minimum absolute atomic E-state index is 0.0275. The summed E-state index contributed by atoms with van der Waals surface area (Å²) in [6, 6.07) is 12.0. The molecule has 2 aromatic rings. The van der Waals surface area contributed by atoms with Crippen LogP contribution in [0.4, 0.5) is 14.5 Å². The van der Waals surface area contributed by atoms with Crippen molar-refractivity contribution in [2.24, 2.45) is 5.73 Å². The van der Waals surface area contributed by atoms with Gasteiger partial charge in [0.2, 0.25) is 0 Å². The van der Waals surface area contributed by atoms with Crippen molar-refractivity contribution in [1.82, 2.24) is 0 Å². The predicted octanol–water partition coefficient (Wildman–Crippen LogP) is 2.44. The van der Waals surface area contributed by atoms with Crippen LogP contribution in [-0.2, 0) is 13.0 Å². The second-order valence-corrected chi connectivity index (χ2v) is 4.82. The van der Waals surface area contributed by atoms with E-state index in [4.69, 9.17) is 5.73 Å². The summed E-state index contributed by atoms with van der Waals surface area (Å²) in [6.07, 6.45) is 0.511. The van der Waals surface area contributed by atoms with Crippen molar-refractivity contribution in [1.29, 1.82) is 0 Å². The van der Waals surface area contributed by atoms with Crippen molar-refractivity contribution in [3.63, 3.8) is 0 Å². The summed E-state index contributed by atoms with van der Waals surface area (Å²) < 4.78 is 27.6. The first-order chi connectivity index (χ1) is 10.2. The molecule has 2 rings (SSSR count). The Morgan fingerprint density at radius 1 is 1.05 bits per heavy atom. The molecule has 0 aliphatic rings. The quantitative estimate of drug-likeness (QED) is 0.766. The highest BCUT2D eigenvalue weighted by Gasteiger charge is 2.16. The summed E-state index contributed by atoms with van der Waals surface area (Å²) in [4.78, 5) is 0. The highest BCUT2D eigenvalue weighted by atomic mass is 19.2. The zero-order chi connectivity index (χ0) is 15.2. The van der Waals surface area contributed by atoms with Gasteiger partial charge in [-0.3, -0.25) is 0 Å². The highest BCUT2D eigenvalue weighted by Crippen LogP contribution is 2.21. The standard InChI is InChI=1S/C16H18F2N2O/c17-15-12(9-19)6-7-14(16(15)18)20-13(10-21)8-11-4-2-1-3-5-11/h1-7,13,20-21H,8-10,19H2. The molecule has 1 atom stereocenters. The highest BCUT2D eigenvalue weighted by molar-refractivity contribution is 5.48. The molecule has 21 heavy (non-hydrogen) atoms. The van der Waals surface area contributed by atoms with Crippen LogP contribution in [0.3, 0.4) is 0 Å². The lowest BCUT2D eigenvalue weighted by Gasteiger charge is -2.19. The number of anilines is 1. The third kappa shape index (κ3) is 3.77. The van der Waals surface area contributed by atoms with E-state index in [1.807, 2.05) is 30.3 Å². The van der Waals surface area contributed by atoms with Gasteiger partial charge in [0.25, 0.3) is 0 Å². The molecule has 0 aromatic heterocycles. The summed E-state index contributed by atoms with van der Waals surface area (Å²) in [7, 11) is 0. The van der Waals surface area contributed by atoms with Crippen molar-refractivity contribution in [2.75, 3.05) is 11.9 Å². The number of benzene rings is 2. The minimum Gasteiger partial charge on any atom is -0.394 e. The third-order valence-electron chi connectivity index (χ3n) is 3.29. The number of halogens is 2. The lowest BCUT2D eigenvalue weighted by molar-refractivity contribution is 0.273. The fraction of sp³-hybridized carbons (Fsp3) is 0.250. The van der Waals surface area contributed by atoms with Crippen LogP contribution in [0.5, 0.6) is 0 Å². The van der Waals surface area contributed by atoms with Crippen molar-refractivity contribution in [3.05, 3.63) is 65.2 Å². The summed E-state index contributed by atoms with van der Waals surface area (Å²) >= 11 is 0. The molecule has 0 fully saturated rings. The SMILES string of the molecule is NCc1ccc(NC(CO)Cc2ccccc2)c(F)c1F. The van der Waals surface area contributed by atoms with Crippen LogP contribution in [0.2, 0.25) is 0 Å². The maximum atomic E-state index is 13.9. The first-order valence-corrected chi connectivity index (χ1v) is 6.74. The molecule has 1 unspecified atom stereocenters. The van der Waals surface area contributed by atoms with Crippen molar-refractivity contribution < 1.29 is 13.9 Å². The predicted molar refractivity (Wildman–Crippen MR) is 78.9 cm³/mol. The van der Waals surface area contributed by atoms with E-state index in [9.17, 15) is 13.9 Å². The molecule has 0 saturated carbocycles. The first kappa shape index (κ1) is 15.4. The molecule has 0 saturated heterocycles. The monoisotopic (exact) mass is 292 g/mol. The summed E-state index contributed by atoms with van der Waals surface area (Å²) in [5, 5.41) is 12.2. The summed E-state index contributed by atoms with van der Waals surface area (Å²) in [5.41, 5.74) is 6.49.